The van der Waals surface area contributed by atoms with E-state index in [0.29, 0.717) is 107 Å². The lowest BCUT2D eigenvalue weighted by Crippen LogP contribution is -2.45. The molecule has 5 N–H and O–H groups in total. The third-order valence-electron chi connectivity index (χ3n) is 24.7. The summed E-state index contributed by atoms with van der Waals surface area (Å²) in [6.07, 6.45) is 30.4. The van der Waals surface area contributed by atoms with Crippen LogP contribution in [0.2, 0.25) is 0 Å². The maximum Gasteiger partial charge on any atom is 0.326 e. The molecule has 8 aromatic rings. The summed E-state index contributed by atoms with van der Waals surface area (Å²) in [6.45, 7) is 30.3. The van der Waals surface area contributed by atoms with Gasteiger partial charge in [0.25, 0.3) is 0 Å². The molecule has 12 aliphatic rings. The van der Waals surface area contributed by atoms with Crippen LogP contribution in [-0.2, 0) is 25.7 Å². The molecule has 0 unspecified atom stereocenters. The number of benzene rings is 4. The Labute approximate surface area is 784 Å². The quantitative estimate of drug-likeness (QED) is 0.0443. The Morgan fingerprint density at radius 2 is 0.667 bits per heavy atom. The lowest BCUT2D eigenvalue weighted by atomic mass is 10.1. The molecule has 33 heteroatoms. The highest BCUT2D eigenvalue weighted by Gasteiger charge is 2.30. The van der Waals surface area contributed by atoms with Gasteiger partial charge in [0.1, 0.15) is 58.2 Å². The zero-order chi connectivity index (χ0) is 93.9. The first-order valence-corrected chi connectivity index (χ1v) is 46.0. The second-order valence-electron chi connectivity index (χ2n) is 35.5. The SMILES string of the molecule is C/C=C/C1=CC(Nc2cc(N3CCN(C)CC3)nc(Oc3ccc4c(c3F)C=C(C)C4)n2)=NC1.C/C=C/C1=CC(Nc2cc(Oc3ccc4c(c3F)C=C(C)C4)nc(N3CCN(C)CC3)n2)=NC1.C/C=C/C1=CC(Nc2nc(Oc3ccc4c(c3F)C=C(C)C4)cc(N3CCN(C)CC3)n2)=NC1.CC1=Cc2c(ccc(Oc3nc(NC4=NCC(CO)=C4)cc(N4CCN(C)CC4)n3)c2F)C1. The number of hydrogen-bond acceptors (Lipinski definition) is 29. The number of aromatic nitrogens is 8. The van der Waals surface area contributed by atoms with Crippen LogP contribution in [0.1, 0.15) is 93.0 Å². The average Bonchev–Trinajstić information content (AvgIpc) is 1.73. The molecule has 700 valence electrons. The van der Waals surface area contributed by atoms with Crippen molar-refractivity contribution in [2.45, 2.75) is 74.1 Å². The minimum atomic E-state index is -0.400. The number of nitrogens with one attached hydrogen (secondary N) is 4. The van der Waals surface area contributed by atoms with Crippen molar-refractivity contribution in [3.05, 3.63) is 246 Å². The largest absolute Gasteiger partial charge is 0.436 e. The van der Waals surface area contributed by atoms with Gasteiger partial charge in [0.05, 0.1) is 32.8 Å². The molecule has 29 nitrogen and oxygen atoms in total. The zero-order valence-electron chi connectivity index (χ0n) is 78.2. The van der Waals surface area contributed by atoms with Crippen LogP contribution in [0.15, 0.2) is 198 Å². The molecule has 4 fully saturated rings. The topological polar surface area (TPSA) is 284 Å². The third-order valence-corrected chi connectivity index (χ3v) is 24.7. The minimum absolute atomic E-state index is 0.0368. The lowest BCUT2D eigenvalue weighted by molar-refractivity contribution is 0.310. The first kappa shape index (κ1) is 93.0. The number of aliphatic imine (C=N–C) groups is 4. The highest BCUT2D eigenvalue weighted by Crippen LogP contribution is 2.41. The summed E-state index contributed by atoms with van der Waals surface area (Å²) in [5.74, 6) is 7.14. The van der Waals surface area contributed by atoms with Gasteiger partial charge in [0.2, 0.25) is 23.7 Å². The first-order chi connectivity index (χ1) is 65.4. The van der Waals surface area contributed by atoms with Crippen LogP contribution in [0, 0.1) is 23.3 Å². The van der Waals surface area contributed by atoms with Gasteiger partial charge in [-0.3, -0.25) is 20.0 Å². The van der Waals surface area contributed by atoms with Gasteiger partial charge in [-0.2, -0.15) is 39.9 Å². The Morgan fingerprint density at radius 1 is 0.341 bits per heavy atom. The smallest absolute Gasteiger partial charge is 0.326 e. The number of ether oxygens (including phenoxy) is 4. The van der Waals surface area contributed by atoms with Gasteiger partial charge >= 0.3 is 12.0 Å². The van der Waals surface area contributed by atoms with E-state index in [9.17, 15) is 5.11 Å². The minimum Gasteiger partial charge on any atom is -0.436 e. The van der Waals surface area contributed by atoms with E-state index in [2.05, 4.69) is 139 Å². The molecule has 20 rings (SSSR count). The molecule has 4 aliphatic carbocycles. The van der Waals surface area contributed by atoms with E-state index >= 15 is 17.6 Å². The molecule has 0 spiro atoms. The van der Waals surface area contributed by atoms with Crippen molar-refractivity contribution in [2.75, 3.05) is 207 Å². The van der Waals surface area contributed by atoms with Gasteiger partial charge in [-0.1, -0.05) is 107 Å². The number of aliphatic hydroxyl groups is 1. The van der Waals surface area contributed by atoms with Crippen LogP contribution >= 0.6 is 0 Å². The van der Waals surface area contributed by atoms with Crippen LogP contribution < -0.4 is 59.8 Å². The van der Waals surface area contributed by atoms with Gasteiger partial charge in [0.15, 0.2) is 46.3 Å². The molecule has 0 atom stereocenters. The van der Waals surface area contributed by atoms with E-state index in [0.717, 1.165) is 221 Å². The molecule has 0 bridgehead atoms. The molecule has 8 aliphatic heterocycles. The van der Waals surface area contributed by atoms with Crippen molar-refractivity contribution in [3.8, 4) is 46.8 Å². The van der Waals surface area contributed by atoms with E-state index in [1.54, 1.807) is 42.5 Å². The fourth-order valence-electron chi connectivity index (χ4n) is 17.3. The Balaban J connectivity index is 0.000000125. The van der Waals surface area contributed by atoms with Crippen LogP contribution in [-0.4, -0.2) is 254 Å². The average molecular weight is 1830 g/mol. The number of rotatable bonds is 20. The maximum atomic E-state index is 15.2. The number of halogens is 4. The van der Waals surface area contributed by atoms with E-state index < -0.39 is 5.82 Å². The number of piperazine rings is 4. The molecule has 4 aromatic carbocycles. The Morgan fingerprint density at radius 3 is 1.03 bits per heavy atom. The summed E-state index contributed by atoms with van der Waals surface area (Å²) in [7, 11) is 8.41. The van der Waals surface area contributed by atoms with Gasteiger partial charge in [-0.15, -0.1) is 0 Å². The van der Waals surface area contributed by atoms with Gasteiger partial charge in [-0.05, 0) is 195 Å². The standard InChI is InChI=1S/3C26H29FN6O.C24H27FN6O2/c1-4-5-18-14-22(28-16-18)29-26-30-23(33-10-8-32(3)9-11-33)15-24(31-26)34-21-7-6-19-12-17(2)13-20(19)25(21)27;1-4-5-18-14-22(28-16-18)29-23-15-24(31-26(30-23)33-10-8-32(3)9-11-33)34-21-7-6-19-12-17(2)13-20(19)25(21)27;1-4-5-18-14-22(28-16-18)29-23-15-24(33-10-8-32(3)9-11-33)31-26(30-23)34-21-7-6-19-12-17(2)13-20(19)25(21)27;1-15-9-17-3-4-19(23(25)18(17)10-15)33-24-28-21(27-20-11-16(14-32)13-26-20)12-22(29-24)31-7-5-30(2)6-8-31/h3*4-7,13-15H,8-12,16H2,1-3H3,(H,28,29,30,31);3-4,10-12,32H,5-9,13-14H2,1-2H3,(H,26,27,28,29)/b3*5-4+;. The number of allylic oxidation sites excluding steroid dienone is 7. The Hall–Kier alpha value is -13.9. The summed E-state index contributed by atoms with van der Waals surface area (Å²) in [6, 6.07) is 21.7. The monoisotopic (exact) mass is 1830 g/mol. The van der Waals surface area contributed by atoms with Crippen LogP contribution in [0.3, 0.4) is 0 Å². The highest BCUT2D eigenvalue weighted by atomic mass is 19.1. The number of aliphatic hydroxyl groups excluding tert-OH is 1. The summed E-state index contributed by atoms with van der Waals surface area (Å²) in [4.78, 5) is 72.6. The molecule has 0 amide bonds. The van der Waals surface area contributed by atoms with E-state index in [1.807, 2.05) is 164 Å². The van der Waals surface area contributed by atoms with Crippen molar-refractivity contribution in [1.29, 1.82) is 0 Å². The zero-order valence-corrected chi connectivity index (χ0v) is 78.2. The Bertz CT molecular complexity index is 5900. The van der Waals surface area contributed by atoms with E-state index in [-0.39, 0.29) is 59.1 Å². The second-order valence-corrected chi connectivity index (χ2v) is 35.5. The van der Waals surface area contributed by atoms with Crippen LogP contribution in [0.5, 0.6) is 46.8 Å². The third kappa shape index (κ3) is 23.1. The first-order valence-electron chi connectivity index (χ1n) is 46.0. The van der Waals surface area contributed by atoms with Crippen molar-refractivity contribution in [1.82, 2.24) is 59.5 Å². The van der Waals surface area contributed by atoms with E-state index in [4.69, 9.17) is 28.9 Å². The predicted octanol–water partition coefficient (Wildman–Crippen LogP) is 16.2. The molecule has 0 radical (unpaired) electrons. The van der Waals surface area contributed by atoms with Crippen molar-refractivity contribution < 1.29 is 41.6 Å². The number of hydrogen-bond donors (Lipinski definition) is 5. The molecular formula is C102H114F4N24O5. The van der Waals surface area contributed by atoms with Gasteiger partial charge < -0.3 is 84.5 Å². The van der Waals surface area contributed by atoms with E-state index in [1.165, 1.54) is 0 Å². The van der Waals surface area contributed by atoms with Crippen LogP contribution in [0.25, 0.3) is 24.3 Å². The number of likely N-dealkylation sites (N-methyl/N-ethyl adjacent to an activating group) is 4. The molecule has 4 saturated heterocycles. The van der Waals surface area contributed by atoms with Crippen molar-refractivity contribution in [3.63, 3.8) is 0 Å². The predicted molar refractivity (Wildman–Crippen MR) is 530 cm³/mol. The number of nitrogens with zero attached hydrogens (tertiary/aromatic N) is 20. The lowest BCUT2D eigenvalue weighted by Gasteiger charge is -2.33. The summed E-state index contributed by atoms with van der Waals surface area (Å²) in [5.41, 5.74) is 15.0. The number of anilines is 8. The molecule has 4 aromatic heterocycles. The summed E-state index contributed by atoms with van der Waals surface area (Å²) < 4.78 is 84.5. The number of fused-ring (bicyclic) bond motifs is 4. The Kier molecular flexibility index (Phi) is 29.0. The van der Waals surface area contributed by atoms with Crippen molar-refractivity contribution in [2.24, 2.45) is 20.0 Å². The molecule has 12 heterocycles. The van der Waals surface area contributed by atoms with Gasteiger partial charge in [-0.25, -0.2) is 17.6 Å². The fourth-order valence-corrected chi connectivity index (χ4v) is 17.3. The second kappa shape index (κ2) is 42.2. The highest BCUT2D eigenvalue weighted by molar-refractivity contribution is 6.07. The fraction of sp³-hybridized carbons (Fsp3) is 0.353. The summed E-state index contributed by atoms with van der Waals surface area (Å²) >= 11 is 0. The normalized spacial score (nSPS) is 18.1. The van der Waals surface area contributed by atoms with Crippen LogP contribution in [0.4, 0.5) is 64.4 Å². The molecule has 135 heavy (non-hydrogen) atoms. The van der Waals surface area contributed by atoms with Crippen molar-refractivity contribution >= 4 is 94.5 Å². The number of amidine groups is 4. The molecular weight excluding hydrogens is 1720 g/mol. The van der Waals surface area contributed by atoms with Gasteiger partial charge in [0, 0.05) is 151 Å². The summed E-state index contributed by atoms with van der Waals surface area (Å²) in [5, 5.41) is 22.3. The maximum absolute atomic E-state index is 15.2. The molecule has 0 saturated carbocycles.